The third-order valence-electron chi connectivity index (χ3n) is 4.76. The molecule has 0 aliphatic heterocycles. The Morgan fingerprint density at radius 3 is 2.43 bits per heavy atom. The fraction of sp³-hybridized carbons (Fsp3) is 0.391. The van der Waals surface area contributed by atoms with Crippen LogP contribution in [0.4, 0.5) is 0 Å². The van der Waals surface area contributed by atoms with Crippen molar-refractivity contribution in [3.8, 4) is 0 Å². The van der Waals surface area contributed by atoms with Crippen molar-refractivity contribution in [1.82, 2.24) is 10.2 Å². The highest BCUT2D eigenvalue weighted by Gasteiger charge is 2.26. The maximum Gasteiger partial charge on any atom is 0.242 e. The van der Waals surface area contributed by atoms with E-state index in [4.69, 9.17) is 11.6 Å². The van der Waals surface area contributed by atoms with Crippen LogP contribution < -0.4 is 5.32 Å². The molecule has 0 aliphatic carbocycles. The lowest BCUT2D eigenvalue weighted by molar-refractivity contribution is -0.140. The molecule has 0 saturated carbocycles. The quantitative estimate of drug-likeness (QED) is 0.672. The largest absolute Gasteiger partial charge is 0.354 e. The van der Waals surface area contributed by atoms with Gasteiger partial charge in [0.2, 0.25) is 11.8 Å². The van der Waals surface area contributed by atoms with Gasteiger partial charge in [-0.05, 0) is 43.9 Å². The van der Waals surface area contributed by atoms with Crippen molar-refractivity contribution in [1.29, 1.82) is 0 Å². The molecule has 1 unspecified atom stereocenters. The maximum absolute atomic E-state index is 13.0. The number of aryl methyl sites for hydroxylation is 2. The van der Waals surface area contributed by atoms with Gasteiger partial charge in [0.25, 0.3) is 0 Å². The number of benzene rings is 2. The first-order valence-electron chi connectivity index (χ1n) is 9.78. The molecule has 0 aromatic heterocycles. The highest BCUT2D eigenvalue weighted by molar-refractivity contribution is 6.31. The van der Waals surface area contributed by atoms with E-state index >= 15 is 0 Å². The molecule has 2 rings (SSSR count). The zero-order valence-corrected chi connectivity index (χ0v) is 17.6. The third-order valence-corrected chi connectivity index (χ3v) is 5.13. The van der Waals surface area contributed by atoms with Crippen LogP contribution in [-0.2, 0) is 22.6 Å². The summed E-state index contributed by atoms with van der Waals surface area (Å²) in [5.41, 5.74) is 3.14. The van der Waals surface area contributed by atoms with Crippen molar-refractivity contribution in [3.05, 3.63) is 70.2 Å². The number of amides is 2. The second-order valence-electron chi connectivity index (χ2n) is 7.07. The number of carbonyl (C=O) groups is 2. The summed E-state index contributed by atoms with van der Waals surface area (Å²) in [7, 11) is 0. The summed E-state index contributed by atoms with van der Waals surface area (Å²) >= 11 is 6.29. The standard InChI is InChI=1S/C23H29ClN2O2/c1-4-15-25-23(28)18(3)26(16-20-7-5-6-8-21(20)24)22(27)14-13-19-11-9-17(2)10-12-19/h5-12,18H,4,13-16H2,1-3H3,(H,25,28). The topological polar surface area (TPSA) is 49.4 Å². The SMILES string of the molecule is CCCNC(=O)C(C)N(Cc1ccccc1Cl)C(=O)CCc1ccc(C)cc1. The van der Waals surface area contributed by atoms with Gasteiger partial charge in [0.1, 0.15) is 6.04 Å². The van der Waals surface area contributed by atoms with Crippen LogP contribution in [-0.4, -0.2) is 29.3 Å². The van der Waals surface area contributed by atoms with E-state index in [1.54, 1.807) is 17.9 Å². The van der Waals surface area contributed by atoms with Gasteiger partial charge in [0, 0.05) is 24.5 Å². The van der Waals surface area contributed by atoms with E-state index in [2.05, 4.69) is 5.32 Å². The Morgan fingerprint density at radius 2 is 1.79 bits per heavy atom. The molecule has 2 aromatic rings. The summed E-state index contributed by atoms with van der Waals surface area (Å²) in [6.07, 6.45) is 1.84. The maximum atomic E-state index is 13.0. The van der Waals surface area contributed by atoms with Gasteiger partial charge in [-0.2, -0.15) is 0 Å². The number of halogens is 1. The van der Waals surface area contributed by atoms with Crippen LogP contribution in [0.1, 0.15) is 43.4 Å². The van der Waals surface area contributed by atoms with E-state index in [1.807, 2.05) is 56.3 Å². The Bertz CT molecular complexity index is 789. The van der Waals surface area contributed by atoms with Gasteiger partial charge in [0.15, 0.2) is 0 Å². The van der Waals surface area contributed by atoms with E-state index in [0.29, 0.717) is 31.0 Å². The van der Waals surface area contributed by atoms with Crippen LogP contribution >= 0.6 is 11.6 Å². The minimum absolute atomic E-state index is 0.0559. The highest BCUT2D eigenvalue weighted by Crippen LogP contribution is 2.19. The molecule has 0 radical (unpaired) electrons. The zero-order chi connectivity index (χ0) is 20.5. The first-order chi connectivity index (χ1) is 13.4. The highest BCUT2D eigenvalue weighted by atomic mass is 35.5. The van der Waals surface area contributed by atoms with Crippen molar-refractivity contribution < 1.29 is 9.59 Å². The molecule has 1 atom stereocenters. The smallest absolute Gasteiger partial charge is 0.242 e. The van der Waals surface area contributed by atoms with Crippen LogP contribution in [0.5, 0.6) is 0 Å². The molecule has 28 heavy (non-hydrogen) atoms. The van der Waals surface area contributed by atoms with Gasteiger partial charge in [-0.3, -0.25) is 9.59 Å². The summed E-state index contributed by atoms with van der Waals surface area (Å²) < 4.78 is 0. The zero-order valence-electron chi connectivity index (χ0n) is 16.9. The number of hydrogen-bond acceptors (Lipinski definition) is 2. The summed E-state index contributed by atoms with van der Waals surface area (Å²) in [6.45, 7) is 6.72. The molecular weight excluding hydrogens is 372 g/mol. The summed E-state index contributed by atoms with van der Waals surface area (Å²) in [6, 6.07) is 15.0. The van der Waals surface area contributed by atoms with Gasteiger partial charge in [-0.1, -0.05) is 66.6 Å². The molecule has 0 bridgehead atoms. The Morgan fingerprint density at radius 1 is 1.11 bits per heavy atom. The summed E-state index contributed by atoms with van der Waals surface area (Å²) in [4.78, 5) is 27.1. The van der Waals surface area contributed by atoms with Gasteiger partial charge in [-0.25, -0.2) is 0 Å². The monoisotopic (exact) mass is 400 g/mol. The fourth-order valence-electron chi connectivity index (χ4n) is 2.94. The van der Waals surface area contributed by atoms with Crippen LogP contribution in [0.15, 0.2) is 48.5 Å². The van der Waals surface area contributed by atoms with Crippen molar-refractivity contribution in [2.45, 2.75) is 52.6 Å². The Balaban J connectivity index is 2.13. The molecule has 150 valence electrons. The normalized spacial score (nSPS) is 11.7. The lowest BCUT2D eigenvalue weighted by Crippen LogP contribution is -2.47. The fourth-order valence-corrected chi connectivity index (χ4v) is 3.13. The molecule has 2 aromatic carbocycles. The van der Waals surface area contributed by atoms with E-state index < -0.39 is 6.04 Å². The molecular formula is C23H29ClN2O2. The van der Waals surface area contributed by atoms with Crippen LogP contribution in [0.3, 0.4) is 0 Å². The Kier molecular flexibility index (Phi) is 8.52. The molecule has 0 aliphatic rings. The van der Waals surface area contributed by atoms with Gasteiger partial charge < -0.3 is 10.2 Å². The number of nitrogens with zero attached hydrogens (tertiary/aromatic N) is 1. The Labute approximate surface area is 172 Å². The van der Waals surface area contributed by atoms with E-state index in [1.165, 1.54) is 5.56 Å². The second-order valence-corrected chi connectivity index (χ2v) is 7.47. The average molecular weight is 401 g/mol. The molecule has 5 heteroatoms. The molecule has 2 amide bonds. The third kappa shape index (κ3) is 6.38. The first-order valence-corrected chi connectivity index (χ1v) is 10.2. The number of carbonyl (C=O) groups excluding carboxylic acids is 2. The average Bonchev–Trinajstić information content (AvgIpc) is 2.70. The van der Waals surface area contributed by atoms with Gasteiger partial charge >= 0.3 is 0 Å². The lowest BCUT2D eigenvalue weighted by atomic mass is 10.1. The lowest BCUT2D eigenvalue weighted by Gasteiger charge is -2.29. The Hall–Kier alpha value is -2.33. The van der Waals surface area contributed by atoms with Crippen LogP contribution in [0, 0.1) is 6.92 Å². The second kappa shape index (κ2) is 10.9. The molecule has 4 nitrogen and oxygen atoms in total. The van der Waals surface area contributed by atoms with Crippen molar-refractivity contribution in [3.63, 3.8) is 0 Å². The van der Waals surface area contributed by atoms with E-state index in [-0.39, 0.29) is 11.8 Å². The van der Waals surface area contributed by atoms with E-state index in [9.17, 15) is 9.59 Å². The summed E-state index contributed by atoms with van der Waals surface area (Å²) in [5, 5.41) is 3.48. The van der Waals surface area contributed by atoms with Crippen molar-refractivity contribution >= 4 is 23.4 Å². The van der Waals surface area contributed by atoms with Gasteiger partial charge in [0.05, 0.1) is 0 Å². The number of rotatable bonds is 9. The predicted molar refractivity (Wildman–Crippen MR) is 114 cm³/mol. The van der Waals surface area contributed by atoms with Crippen molar-refractivity contribution in [2.24, 2.45) is 0 Å². The molecule has 0 spiro atoms. The van der Waals surface area contributed by atoms with Crippen LogP contribution in [0.25, 0.3) is 0 Å². The predicted octanol–water partition coefficient (Wildman–Crippen LogP) is 4.52. The molecule has 1 N–H and O–H groups in total. The van der Waals surface area contributed by atoms with Crippen molar-refractivity contribution in [2.75, 3.05) is 6.54 Å². The number of hydrogen-bond donors (Lipinski definition) is 1. The van der Waals surface area contributed by atoms with E-state index in [0.717, 1.165) is 17.5 Å². The molecule has 0 heterocycles. The molecule has 0 fully saturated rings. The molecule has 0 saturated heterocycles. The first kappa shape index (κ1) is 22.0. The minimum Gasteiger partial charge on any atom is -0.354 e. The minimum atomic E-state index is -0.562. The van der Waals surface area contributed by atoms with Crippen LogP contribution in [0.2, 0.25) is 5.02 Å². The summed E-state index contributed by atoms with van der Waals surface area (Å²) in [5.74, 6) is -0.197. The number of nitrogens with one attached hydrogen (secondary N) is 1. The van der Waals surface area contributed by atoms with Gasteiger partial charge in [-0.15, -0.1) is 0 Å².